The molecule has 0 aliphatic heterocycles. The van der Waals surface area contributed by atoms with Gasteiger partial charge in [0.15, 0.2) is 11.5 Å². The summed E-state index contributed by atoms with van der Waals surface area (Å²) in [4.78, 5) is 45.2. The van der Waals surface area contributed by atoms with Crippen molar-refractivity contribution in [2.24, 2.45) is 0 Å². The average molecular weight is 599 g/mol. The maximum atomic E-state index is 13.5. The minimum atomic E-state index is -0.561. The van der Waals surface area contributed by atoms with Gasteiger partial charge in [-0.3, -0.25) is 14.6 Å². The number of rotatable bonds is 10. The minimum Gasteiger partial charge on any atom is -0.493 e. The third-order valence-electron chi connectivity index (χ3n) is 6.78. The number of carbonyl (C=O) groups is 3. The number of anilines is 2. The normalized spacial score (nSPS) is 11.0. The molecule has 44 heavy (non-hydrogen) atoms. The highest BCUT2D eigenvalue weighted by molar-refractivity contribution is 6.13. The highest BCUT2D eigenvalue weighted by Crippen LogP contribution is 2.34. The molecule has 3 aromatic carbocycles. The molecular formula is C34H38N4O6. The molecule has 0 aliphatic carbocycles. The molecule has 0 fully saturated rings. The first-order valence-electron chi connectivity index (χ1n) is 14.3. The summed E-state index contributed by atoms with van der Waals surface area (Å²) < 4.78 is 16.3. The second-order valence-electron chi connectivity index (χ2n) is 11.1. The number of aromatic nitrogens is 1. The summed E-state index contributed by atoms with van der Waals surface area (Å²) in [5.74, 6) is -0.189. The Hall–Kier alpha value is -5.12. The van der Waals surface area contributed by atoms with Gasteiger partial charge in [0.2, 0.25) is 0 Å². The van der Waals surface area contributed by atoms with Gasteiger partial charge in [-0.05, 0) is 70.0 Å². The van der Waals surface area contributed by atoms with E-state index in [1.165, 1.54) is 26.5 Å². The molecule has 1 heterocycles. The third kappa shape index (κ3) is 8.03. The van der Waals surface area contributed by atoms with Crippen LogP contribution in [0.4, 0.5) is 16.2 Å². The van der Waals surface area contributed by atoms with E-state index >= 15 is 0 Å². The first-order chi connectivity index (χ1) is 21.0. The van der Waals surface area contributed by atoms with Crippen LogP contribution in [0.25, 0.3) is 10.9 Å². The molecule has 230 valence electrons. The topological polar surface area (TPSA) is 119 Å². The first-order valence-corrected chi connectivity index (χ1v) is 14.3. The van der Waals surface area contributed by atoms with Crippen molar-refractivity contribution in [3.05, 3.63) is 89.6 Å². The monoisotopic (exact) mass is 598 g/mol. The summed E-state index contributed by atoms with van der Waals surface area (Å²) in [6.45, 7) is 8.46. The van der Waals surface area contributed by atoms with Crippen molar-refractivity contribution < 1.29 is 28.6 Å². The molecule has 0 radical (unpaired) electrons. The van der Waals surface area contributed by atoms with Crippen LogP contribution in [-0.2, 0) is 11.2 Å². The van der Waals surface area contributed by atoms with Crippen LogP contribution in [-0.4, -0.2) is 60.7 Å². The molecule has 3 amide bonds. The average Bonchev–Trinajstić information content (AvgIpc) is 3.00. The van der Waals surface area contributed by atoms with Crippen molar-refractivity contribution in [3.63, 3.8) is 0 Å². The second-order valence-corrected chi connectivity index (χ2v) is 11.1. The number of amides is 3. The van der Waals surface area contributed by atoms with E-state index in [4.69, 9.17) is 14.2 Å². The molecule has 0 bridgehead atoms. The Labute approximate surface area is 257 Å². The van der Waals surface area contributed by atoms with Gasteiger partial charge in [0.05, 0.1) is 36.6 Å². The number of likely N-dealkylation sites (N-methyl/N-ethyl adjacent to an activating group) is 1. The van der Waals surface area contributed by atoms with Crippen LogP contribution >= 0.6 is 0 Å². The maximum Gasteiger partial charge on any atom is 0.410 e. The van der Waals surface area contributed by atoms with Crippen molar-refractivity contribution in [3.8, 4) is 11.5 Å². The maximum absolute atomic E-state index is 13.5. The number of benzene rings is 3. The fourth-order valence-electron chi connectivity index (χ4n) is 4.48. The van der Waals surface area contributed by atoms with E-state index in [0.717, 1.165) is 16.5 Å². The van der Waals surface area contributed by atoms with Gasteiger partial charge >= 0.3 is 6.09 Å². The van der Waals surface area contributed by atoms with Crippen LogP contribution in [0.5, 0.6) is 11.5 Å². The number of nitrogens with one attached hydrogen (secondary N) is 2. The predicted octanol–water partition coefficient (Wildman–Crippen LogP) is 6.56. The molecule has 0 aliphatic rings. The van der Waals surface area contributed by atoms with Crippen LogP contribution in [0.3, 0.4) is 0 Å². The number of pyridine rings is 1. The van der Waals surface area contributed by atoms with E-state index in [1.54, 1.807) is 29.2 Å². The standard InChI is InChI=1S/C34H38N4O6/c1-7-38(33(41)44-34(2,3)4)17-16-22-12-14-25(15-13-22)36-32(40)26-19-29(42-5)30(43-6)20-28(26)37-31(39)24-18-23-10-8-9-11-27(23)35-21-24/h8-15,18-21H,7,16-17H2,1-6H3,(H,36,40)(H,37,39). The lowest BCUT2D eigenvalue weighted by Crippen LogP contribution is -2.37. The van der Waals surface area contributed by atoms with Crippen LogP contribution in [0.2, 0.25) is 0 Å². The fraction of sp³-hybridized carbons (Fsp3) is 0.294. The number of hydrogen-bond acceptors (Lipinski definition) is 7. The van der Waals surface area contributed by atoms with E-state index in [2.05, 4.69) is 15.6 Å². The molecule has 10 nitrogen and oxygen atoms in total. The molecule has 0 spiro atoms. The molecule has 0 unspecified atom stereocenters. The van der Waals surface area contributed by atoms with Crippen molar-refractivity contribution in [2.45, 2.75) is 39.7 Å². The zero-order valence-corrected chi connectivity index (χ0v) is 25.9. The Morgan fingerprint density at radius 1 is 0.864 bits per heavy atom. The molecule has 0 saturated carbocycles. The number of fused-ring (bicyclic) bond motifs is 1. The van der Waals surface area contributed by atoms with Gasteiger partial charge in [-0.1, -0.05) is 30.3 Å². The number of nitrogens with zero attached hydrogens (tertiary/aromatic N) is 2. The minimum absolute atomic E-state index is 0.185. The second kappa shape index (κ2) is 13.9. The summed E-state index contributed by atoms with van der Waals surface area (Å²) in [7, 11) is 2.95. The lowest BCUT2D eigenvalue weighted by molar-refractivity contribution is 0.0262. The van der Waals surface area contributed by atoms with Gasteiger partial charge in [-0.25, -0.2) is 4.79 Å². The summed E-state index contributed by atoms with van der Waals surface area (Å²) in [5.41, 5.74) is 2.54. The van der Waals surface area contributed by atoms with E-state index in [0.29, 0.717) is 42.3 Å². The number of methoxy groups -OCH3 is 2. The van der Waals surface area contributed by atoms with Gasteiger partial charge in [0.25, 0.3) is 11.8 Å². The SMILES string of the molecule is CCN(CCc1ccc(NC(=O)c2cc(OC)c(OC)cc2NC(=O)c2cnc3ccccc3c2)cc1)C(=O)OC(C)(C)C. The Morgan fingerprint density at radius 3 is 2.20 bits per heavy atom. The Bertz CT molecular complexity index is 1650. The molecule has 1 aromatic heterocycles. The van der Waals surface area contributed by atoms with Crippen LogP contribution < -0.4 is 20.1 Å². The summed E-state index contributed by atoms with van der Waals surface area (Å²) >= 11 is 0. The first kappa shape index (κ1) is 31.8. The molecule has 0 saturated heterocycles. The quantitative estimate of drug-likeness (QED) is 0.212. The lowest BCUT2D eigenvalue weighted by Gasteiger charge is -2.26. The van der Waals surface area contributed by atoms with Crippen molar-refractivity contribution in [2.75, 3.05) is 37.9 Å². The Kier molecular flexibility index (Phi) is 10.0. The molecular weight excluding hydrogens is 560 g/mol. The number of carbonyl (C=O) groups excluding carboxylic acids is 3. The molecule has 4 aromatic rings. The molecule has 4 rings (SSSR count). The van der Waals surface area contributed by atoms with Crippen LogP contribution in [0.1, 0.15) is 54.0 Å². The number of ether oxygens (including phenoxy) is 3. The molecule has 10 heteroatoms. The van der Waals surface area contributed by atoms with Crippen molar-refractivity contribution >= 4 is 40.2 Å². The fourth-order valence-corrected chi connectivity index (χ4v) is 4.48. The third-order valence-corrected chi connectivity index (χ3v) is 6.78. The van der Waals surface area contributed by atoms with E-state index in [9.17, 15) is 14.4 Å². The molecule has 2 N–H and O–H groups in total. The summed E-state index contributed by atoms with van der Waals surface area (Å²) in [6, 6.07) is 19.7. The van der Waals surface area contributed by atoms with Gasteiger partial charge < -0.3 is 29.7 Å². The van der Waals surface area contributed by atoms with E-state index in [1.807, 2.05) is 64.1 Å². The lowest BCUT2D eigenvalue weighted by atomic mass is 10.1. The number of para-hydroxylation sites is 1. The number of hydrogen-bond donors (Lipinski definition) is 2. The van der Waals surface area contributed by atoms with Crippen molar-refractivity contribution in [1.29, 1.82) is 0 Å². The Balaban J connectivity index is 1.49. The summed E-state index contributed by atoms with van der Waals surface area (Å²) in [6.07, 6.45) is 1.77. The Morgan fingerprint density at radius 2 is 1.55 bits per heavy atom. The van der Waals surface area contributed by atoms with Crippen molar-refractivity contribution in [1.82, 2.24) is 9.88 Å². The smallest absolute Gasteiger partial charge is 0.410 e. The van der Waals surface area contributed by atoms with Gasteiger partial charge in [0.1, 0.15) is 5.60 Å². The molecule has 0 atom stereocenters. The summed E-state index contributed by atoms with van der Waals surface area (Å²) in [5, 5.41) is 6.54. The van der Waals surface area contributed by atoms with Crippen LogP contribution in [0.15, 0.2) is 72.9 Å². The predicted molar refractivity (Wildman–Crippen MR) is 171 cm³/mol. The van der Waals surface area contributed by atoms with E-state index < -0.39 is 17.4 Å². The zero-order chi connectivity index (χ0) is 31.9. The van der Waals surface area contributed by atoms with Crippen LogP contribution in [0, 0.1) is 0 Å². The highest BCUT2D eigenvalue weighted by Gasteiger charge is 2.22. The largest absolute Gasteiger partial charge is 0.493 e. The highest BCUT2D eigenvalue weighted by atomic mass is 16.6. The van der Waals surface area contributed by atoms with Gasteiger partial charge in [-0.2, -0.15) is 0 Å². The van der Waals surface area contributed by atoms with Gasteiger partial charge in [0, 0.05) is 36.4 Å². The van der Waals surface area contributed by atoms with E-state index in [-0.39, 0.29) is 17.3 Å². The zero-order valence-electron chi connectivity index (χ0n) is 25.9. The van der Waals surface area contributed by atoms with Gasteiger partial charge in [-0.15, -0.1) is 0 Å².